The number of carbonyl (C=O) groups is 1. The lowest BCUT2D eigenvalue weighted by Crippen LogP contribution is -2.23. The second-order valence-electron chi connectivity index (χ2n) is 0.803. The van der Waals surface area contributed by atoms with Crippen molar-refractivity contribution in [3.05, 3.63) is 0 Å². The number of hydrogen-bond donors (Lipinski definition) is 1. The number of carbonyl (C=O) groups excluding carboxylic acids is 1. The average molecular weight is 118 g/mol. The number of nitrogens with one attached hydrogen (secondary N) is 1. The van der Waals surface area contributed by atoms with Crippen LogP contribution in [0, 0.1) is 0 Å². The SMILES string of the molecule is COC(=O)N[B]P. The van der Waals surface area contributed by atoms with Crippen molar-refractivity contribution in [1.29, 1.82) is 0 Å². The Morgan fingerprint density at radius 3 is 2.71 bits per heavy atom. The molecule has 1 atom stereocenters. The Bertz CT molecular complexity index is 68.7. The van der Waals surface area contributed by atoms with Crippen molar-refractivity contribution in [1.82, 2.24) is 5.23 Å². The van der Waals surface area contributed by atoms with E-state index >= 15 is 0 Å². The fourth-order valence-electron chi connectivity index (χ4n) is 0.127. The van der Waals surface area contributed by atoms with Crippen LogP contribution >= 0.6 is 9.12 Å². The summed E-state index contributed by atoms with van der Waals surface area (Å²) in [6.07, 6.45) is -0.449. The Morgan fingerprint density at radius 1 is 2.00 bits per heavy atom. The molecule has 5 heteroatoms. The Kier molecular flexibility index (Phi) is 3.81. The number of hydrogen-bond acceptors (Lipinski definition) is 2. The molecule has 0 aliphatic rings. The molecule has 1 amide bonds. The molecule has 0 fully saturated rings. The van der Waals surface area contributed by atoms with Crippen molar-refractivity contribution in [2.24, 2.45) is 0 Å². The van der Waals surface area contributed by atoms with Crippen molar-refractivity contribution in [2.45, 2.75) is 0 Å². The van der Waals surface area contributed by atoms with Crippen molar-refractivity contribution in [3.8, 4) is 0 Å². The zero-order valence-corrected chi connectivity index (χ0v) is 5.13. The fraction of sp³-hybridized carbons (Fsp3) is 0.500. The van der Waals surface area contributed by atoms with Gasteiger partial charge in [0.25, 0.3) is 7.13 Å². The second-order valence-corrected chi connectivity index (χ2v) is 1.14. The predicted molar refractivity (Wildman–Crippen MR) is 31.0 cm³/mol. The van der Waals surface area contributed by atoms with Gasteiger partial charge in [-0.2, -0.15) is 9.12 Å². The molecule has 0 saturated heterocycles. The summed E-state index contributed by atoms with van der Waals surface area (Å²) in [5.41, 5.74) is 0. The van der Waals surface area contributed by atoms with Crippen molar-refractivity contribution in [3.63, 3.8) is 0 Å². The minimum Gasteiger partial charge on any atom is -0.454 e. The average Bonchev–Trinajstić information content (AvgIpc) is 1.68. The van der Waals surface area contributed by atoms with Gasteiger partial charge in [-0.15, -0.1) is 0 Å². The van der Waals surface area contributed by atoms with E-state index in [4.69, 9.17) is 0 Å². The van der Waals surface area contributed by atoms with E-state index < -0.39 is 6.09 Å². The Balaban J connectivity index is 3.00. The monoisotopic (exact) mass is 118 g/mol. The van der Waals surface area contributed by atoms with E-state index in [9.17, 15) is 4.79 Å². The summed E-state index contributed by atoms with van der Waals surface area (Å²) in [5.74, 6) is 0. The van der Waals surface area contributed by atoms with E-state index in [1.54, 1.807) is 0 Å². The molecule has 0 bridgehead atoms. The zero-order chi connectivity index (χ0) is 5.70. The third-order valence-electron chi connectivity index (χ3n) is 0.387. The molecule has 1 radical (unpaired) electrons. The molecule has 0 spiro atoms. The Hall–Kier alpha value is -0.235. The maximum Gasteiger partial charge on any atom is 0.394 e. The molecule has 0 heterocycles. The van der Waals surface area contributed by atoms with Gasteiger partial charge in [0.2, 0.25) is 0 Å². The van der Waals surface area contributed by atoms with E-state index in [2.05, 4.69) is 19.1 Å². The van der Waals surface area contributed by atoms with E-state index in [1.807, 2.05) is 0 Å². The largest absolute Gasteiger partial charge is 0.454 e. The van der Waals surface area contributed by atoms with Crippen LogP contribution in [0.5, 0.6) is 0 Å². The smallest absolute Gasteiger partial charge is 0.394 e. The lowest BCUT2D eigenvalue weighted by molar-refractivity contribution is 0.178. The molecular weight excluding hydrogens is 112 g/mol. The minimum absolute atomic E-state index is 0.449. The van der Waals surface area contributed by atoms with Crippen LogP contribution in [0.4, 0.5) is 4.79 Å². The van der Waals surface area contributed by atoms with Crippen molar-refractivity contribution >= 4 is 22.3 Å². The summed E-state index contributed by atoms with van der Waals surface area (Å²) in [4.78, 5) is 10.0. The van der Waals surface area contributed by atoms with Gasteiger partial charge in [0.1, 0.15) is 0 Å². The Labute approximate surface area is 45.2 Å². The summed E-state index contributed by atoms with van der Waals surface area (Å²) in [5, 5.41) is 2.27. The van der Waals surface area contributed by atoms with Crippen LogP contribution in [0.3, 0.4) is 0 Å². The molecule has 3 nitrogen and oxygen atoms in total. The maximum atomic E-state index is 10.0. The van der Waals surface area contributed by atoms with Crippen LogP contribution in [-0.2, 0) is 4.74 Å². The van der Waals surface area contributed by atoms with Gasteiger partial charge in [0.05, 0.1) is 7.11 Å². The molecular formula is C2H6BNO2P. The van der Waals surface area contributed by atoms with Gasteiger partial charge >= 0.3 is 6.09 Å². The van der Waals surface area contributed by atoms with Crippen LogP contribution in [0.15, 0.2) is 0 Å². The highest BCUT2D eigenvalue weighted by Gasteiger charge is 1.91. The number of amides is 1. The predicted octanol–water partition coefficient (Wildman–Crippen LogP) is -0.248. The van der Waals surface area contributed by atoms with E-state index in [0.29, 0.717) is 0 Å². The number of ether oxygens (including phenoxy) is 1. The quantitative estimate of drug-likeness (QED) is 0.380. The van der Waals surface area contributed by atoms with Gasteiger partial charge in [-0.05, 0) is 0 Å². The molecule has 39 valence electrons. The molecule has 0 aromatic carbocycles. The Morgan fingerprint density at radius 2 is 2.57 bits per heavy atom. The second kappa shape index (κ2) is 3.94. The zero-order valence-electron chi connectivity index (χ0n) is 3.97. The number of methoxy groups -OCH3 is 1. The first-order chi connectivity index (χ1) is 3.31. The van der Waals surface area contributed by atoms with Gasteiger partial charge in [0, 0.05) is 0 Å². The summed E-state index contributed by atoms with van der Waals surface area (Å²) in [6.45, 7) is 0. The van der Waals surface area contributed by atoms with Gasteiger partial charge in [-0.1, -0.05) is 0 Å². The third-order valence-corrected chi connectivity index (χ3v) is 0.553. The lowest BCUT2D eigenvalue weighted by Gasteiger charge is -1.94. The fourth-order valence-corrected chi connectivity index (χ4v) is 0.263. The van der Waals surface area contributed by atoms with Gasteiger partial charge < -0.3 is 9.96 Å². The molecule has 0 aliphatic carbocycles. The summed E-state index contributed by atoms with van der Waals surface area (Å²) in [6, 6.07) is 0. The van der Waals surface area contributed by atoms with Crippen LogP contribution in [0.1, 0.15) is 0 Å². The molecule has 0 saturated carbocycles. The normalized spacial score (nSPS) is 7.14. The number of rotatable bonds is 1. The molecule has 0 rings (SSSR count). The summed E-state index contributed by atoms with van der Waals surface area (Å²) >= 11 is 0. The highest BCUT2D eigenvalue weighted by Crippen LogP contribution is 1.71. The highest BCUT2D eigenvalue weighted by atomic mass is 31.0. The van der Waals surface area contributed by atoms with Crippen LogP contribution in [0.2, 0.25) is 0 Å². The first-order valence-corrected chi connectivity index (χ1v) is 2.36. The lowest BCUT2D eigenvalue weighted by atomic mass is 10.4. The molecule has 7 heavy (non-hydrogen) atoms. The molecule has 1 unspecified atom stereocenters. The van der Waals surface area contributed by atoms with Gasteiger partial charge in [-0.25, -0.2) is 4.79 Å². The van der Waals surface area contributed by atoms with Crippen molar-refractivity contribution < 1.29 is 9.53 Å². The van der Waals surface area contributed by atoms with Crippen LogP contribution in [0.25, 0.3) is 0 Å². The van der Waals surface area contributed by atoms with Crippen LogP contribution < -0.4 is 5.23 Å². The standard InChI is InChI=1S/C2H6BNO2P/c1-6-2(5)4-3-7/h7H2,1H3,(H,4,5). The topological polar surface area (TPSA) is 38.3 Å². The molecule has 1 N–H and O–H groups in total. The van der Waals surface area contributed by atoms with Gasteiger partial charge in [0.15, 0.2) is 0 Å². The van der Waals surface area contributed by atoms with E-state index in [0.717, 1.165) is 0 Å². The minimum atomic E-state index is -0.449. The third kappa shape index (κ3) is 3.60. The highest BCUT2D eigenvalue weighted by molar-refractivity contribution is 7.55. The first-order valence-electron chi connectivity index (χ1n) is 1.69. The maximum absolute atomic E-state index is 10.0. The summed E-state index contributed by atoms with van der Waals surface area (Å²) in [7, 11) is 4.95. The molecule has 0 aromatic heterocycles. The van der Waals surface area contributed by atoms with Crippen molar-refractivity contribution in [2.75, 3.05) is 7.11 Å². The molecule has 0 aromatic rings. The first kappa shape index (κ1) is 6.76. The van der Waals surface area contributed by atoms with Crippen LogP contribution in [-0.4, -0.2) is 20.3 Å². The van der Waals surface area contributed by atoms with E-state index in [-0.39, 0.29) is 0 Å². The summed E-state index contributed by atoms with van der Waals surface area (Å²) < 4.78 is 4.20. The molecule has 0 aliphatic heterocycles. The van der Waals surface area contributed by atoms with E-state index in [1.165, 1.54) is 14.2 Å². The van der Waals surface area contributed by atoms with Gasteiger partial charge in [-0.3, -0.25) is 0 Å².